The molecule has 0 saturated heterocycles. The van der Waals surface area contributed by atoms with Crippen LogP contribution in [0.5, 0.6) is 0 Å². The van der Waals surface area contributed by atoms with Crippen LogP contribution in [0.1, 0.15) is 43.7 Å². The van der Waals surface area contributed by atoms with E-state index in [4.69, 9.17) is 10.4 Å². The quantitative estimate of drug-likeness (QED) is 0.467. The Morgan fingerprint density at radius 1 is 1.31 bits per heavy atom. The summed E-state index contributed by atoms with van der Waals surface area (Å²) in [6.07, 6.45) is 3.90. The SMILES string of the molecule is CNc1nc(Nc2cccc(C#N)c2)ncc1C#C[C@@H]1CCC[C@H](NC(=O)C(C)N(C)C(=O)O)C1. The first-order chi connectivity index (χ1) is 16.8. The number of benzene rings is 1. The lowest BCUT2D eigenvalue weighted by Gasteiger charge is -2.29. The molecule has 1 aromatic heterocycles. The average molecular weight is 476 g/mol. The van der Waals surface area contributed by atoms with Crippen molar-refractivity contribution in [2.75, 3.05) is 24.7 Å². The Kier molecular flexibility index (Phi) is 8.47. The van der Waals surface area contributed by atoms with Gasteiger partial charge < -0.3 is 21.1 Å². The summed E-state index contributed by atoms with van der Waals surface area (Å²) in [6.45, 7) is 1.57. The number of likely N-dealkylation sites (N-methyl/N-ethyl adjacent to an activating group) is 1. The average Bonchev–Trinajstić information content (AvgIpc) is 2.87. The first-order valence-electron chi connectivity index (χ1n) is 11.4. The van der Waals surface area contributed by atoms with Gasteiger partial charge in [0.2, 0.25) is 11.9 Å². The van der Waals surface area contributed by atoms with Crippen molar-refractivity contribution in [2.45, 2.75) is 44.7 Å². The van der Waals surface area contributed by atoms with Crippen LogP contribution in [0.25, 0.3) is 0 Å². The van der Waals surface area contributed by atoms with Crippen LogP contribution < -0.4 is 16.0 Å². The Morgan fingerprint density at radius 2 is 2.11 bits per heavy atom. The molecule has 10 nitrogen and oxygen atoms in total. The first kappa shape index (κ1) is 25.3. The number of rotatable bonds is 6. The van der Waals surface area contributed by atoms with Gasteiger partial charge in [-0.2, -0.15) is 10.2 Å². The summed E-state index contributed by atoms with van der Waals surface area (Å²) in [5.41, 5.74) is 1.91. The number of nitriles is 1. The van der Waals surface area contributed by atoms with E-state index in [1.165, 1.54) is 7.05 Å². The normalized spacial score (nSPS) is 17.7. The van der Waals surface area contributed by atoms with Crippen LogP contribution in [0.2, 0.25) is 0 Å². The molecule has 10 heteroatoms. The van der Waals surface area contributed by atoms with Crippen LogP contribution in [-0.2, 0) is 4.79 Å². The number of nitrogens with one attached hydrogen (secondary N) is 3. The Bertz CT molecular complexity index is 1180. The van der Waals surface area contributed by atoms with Gasteiger partial charge in [-0.15, -0.1) is 0 Å². The van der Waals surface area contributed by atoms with Crippen LogP contribution in [0, 0.1) is 29.1 Å². The summed E-state index contributed by atoms with van der Waals surface area (Å²) in [5, 5.41) is 27.2. The smallest absolute Gasteiger partial charge is 0.407 e. The third kappa shape index (κ3) is 6.84. The molecule has 1 heterocycles. The third-order valence-corrected chi connectivity index (χ3v) is 5.97. The molecular weight excluding hydrogens is 446 g/mol. The predicted molar refractivity (Wildman–Crippen MR) is 132 cm³/mol. The number of carbonyl (C=O) groups excluding carboxylic acids is 1. The van der Waals surface area contributed by atoms with E-state index in [1.807, 2.05) is 6.07 Å². The van der Waals surface area contributed by atoms with Crippen LogP contribution in [-0.4, -0.2) is 58.2 Å². The minimum Gasteiger partial charge on any atom is -0.465 e. The van der Waals surface area contributed by atoms with Gasteiger partial charge in [-0.1, -0.05) is 24.3 Å². The molecule has 1 fully saturated rings. The highest BCUT2D eigenvalue weighted by Gasteiger charge is 2.27. The van der Waals surface area contributed by atoms with E-state index < -0.39 is 12.1 Å². The van der Waals surface area contributed by atoms with E-state index in [1.54, 1.807) is 38.4 Å². The largest absolute Gasteiger partial charge is 0.465 e. The fourth-order valence-electron chi connectivity index (χ4n) is 3.81. The lowest BCUT2D eigenvalue weighted by molar-refractivity contribution is -0.125. The molecule has 1 aromatic carbocycles. The molecule has 1 unspecified atom stereocenters. The minimum absolute atomic E-state index is 0.0454. The molecule has 0 spiro atoms. The topological polar surface area (TPSA) is 143 Å². The fourth-order valence-corrected chi connectivity index (χ4v) is 3.81. The van der Waals surface area contributed by atoms with Gasteiger partial charge in [-0.25, -0.2) is 9.78 Å². The maximum Gasteiger partial charge on any atom is 0.407 e. The molecule has 0 radical (unpaired) electrons. The van der Waals surface area contributed by atoms with Crippen molar-refractivity contribution < 1.29 is 14.7 Å². The summed E-state index contributed by atoms with van der Waals surface area (Å²) < 4.78 is 0. The zero-order valence-corrected chi connectivity index (χ0v) is 20.0. The molecule has 3 rings (SSSR count). The molecule has 0 bridgehead atoms. The van der Waals surface area contributed by atoms with Crippen molar-refractivity contribution in [3.63, 3.8) is 0 Å². The van der Waals surface area contributed by atoms with Gasteiger partial charge >= 0.3 is 6.09 Å². The first-order valence-corrected chi connectivity index (χ1v) is 11.4. The molecule has 3 atom stereocenters. The van der Waals surface area contributed by atoms with E-state index in [2.05, 4.69) is 43.8 Å². The minimum atomic E-state index is -1.14. The highest BCUT2D eigenvalue weighted by atomic mass is 16.4. The van der Waals surface area contributed by atoms with Crippen molar-refractivity contribution >= 4 is 29.5 Å². The number of amides is 2. The molecule has 2 amide bonds. The van der Waals surface area contributed by atoms with Gasteiger partial charge in [0.15, 0.2) is 0 Å². The predicted octanol–water partition coefficient (Wildman–Crippen LogP) is 3.16. The highest BCUT2D eigenvalue weighted by Crippen LogP contribution is 2.25. The maximum atomic E-state index is 12.4. The molecule has 1 aliphatic carbocycles. The molecule has 2 aromatic rings. The Balaban J connectivity index is 1.65. The van der Waals surface area contributed by atoms with Crippen molar-refractivity contribution in [2.24, 2.45) is 5.92 Å². The number of aromatic nitrogens is 2. The van der Waals surface area contributed by atoms with Crippen molar-refractivity contribution in [1.29, 1.82) is 5.26 Å². The summed E-state index contributed by atoms with van der Waals surface area (Å²) in [6, 6.07) is 8.35. The zero-order chi connectivity index (χ0) is 25.4. The van der Waals surface area contributed by atoms with E-state index in [-0.39, 0.29) is 17.9 Å². The summed E-state index contributed by atoms with van der Waals surface area (Å²) >= 11 is 0. The lowest BCUT2D eigenvalue weighted by atomic mass is 9.86. The molecule has 35 heavy (non-hydrogen) atoms. The standard InChI is InChI=1S/C25H29N7O3/c1-16(32(3)25(34)35)23(33)29-20-8-4-6-17(12-20)10-11-19-15-28-24(31-22(19)27-2)30-21-9-5-7-18(13-21)14-26/h5,7,9,13,15-17,20H,4,6,8,12H2,1-3H3,(H,29,33)(H,34,35)(H2,27,28,30,31)/t16?,17-,20-/m0/s1. The van der Waals surface area contributed by atoms with Crippen molar-refractivity contribution in [1.82, 2.24) is 20.2 Å². The second-order valence-corrected chi connectivity index (χ2v) is 8.43. The summed E-state index contributed by atoms with van der Waals surface area (Å²) in [5.74, 6) is 7.21. The Labute approximate surface area is 204 Å². The lowest BCUT2D eigenvalue weighted by Crippen LogP contribution is -2.49. The van der Waals surface area contributed by atoms with E-state index in [9.17, 15) is 9.59 Å². The molecule has 4 N–H and O–H groups in total. The number of carboxylic acid groups (broad SMARTS) is 1. The second kappa shape index (κ2) is 11.7. The highest BCUT2D eigenvalue weighted by molar-refractivity contribution is 5.85. The van der Waals surface area contributed by atoms with Crippen molar-refractivity contribution in [3.8, 4) is 17.9 Å². The van der Waals surface area contributed by atoms with Crippen LogP contribution in [0.3, 0.4) is 0 Å². The van der Waals surface area contributed by atoms with Crippen molar-refractivity contribution in [3.05, 3.63) is 41.6 Å². The summed E-state index contributed by atoms with van der Waals surface area (Å²) in [7, 11) is 3.14. The maximum absolute atomic E-state index is 12.4. The second-order valence-electron chi connectivity index (χ2n) is 8.43. The number of carbonyl (C=O) groups is 2. The van der Waals surface area contributed by atoms with E-state index in [0.717, 1.165) is 24.2 Å². The monoisotopic (exact) mass is 475 g/mol. The van der Waals surface area contributed by atoms with Gasteiger partial charge in [-0.05, 0) is 44.4 Å². The Hall–Kier alpha value is -4.31. The van der Waals surface area contributed by atoms with Gasteiger partial charge in [0.05, 0.1) is 23.4 Å². The zero-order valence-electron chi connectivity index (χ0n) is 20.0. The van der Waals surface area contributed by atoms with Gasteiger partial charge in [0.1, 0.15) is 11.9 Å². The van der Waals surface area contributed by atoms with E-state index in [0.29, 0.717) is 35.0 Å². The molecular formula is C25H29N7O3. The molecule has 0 aliphatic heterocycles. The van der Waals surface area contributed by atoms with Crippen LogP contribution in [0.15, 0.2) is 30.5 Å². The van der Waals surface area contributed by atoms with Gasteiger partial charge in [0.25, 0.3) is 0 Å². The van der Waals surface area contributed by atoms with Gasteiger partial charge in [-0.3, -0.25) is 9.69 Å². The third-order valence-electron chi connectivity index (χ3n) is 5.97. The molecule has 182 valence electrons. The fraction of sp³-hybridized carbons (Fsp3) is 0.400. The summed E-state index contributed by atoms with van der Waals surface area (Å²) in [4.78, 5) is 33.3. The molecule has 1 aliphatic rings. The number of hydrogen-bond acceptors (Lipinski definition) is 7. The molecule has 1 saturated carbocycles. The number of hydrogen-bond donors (Lipinski definition) is 4. The van der Waals surface area contributed by atoms with E-state index >= 15 is 0 Å². The van der Waals surface area contributed by atoms with Gasteiger partial charge in [0, 0.05) is 31.7 Å². The Morgan fingerprint density at radius 3 is 2.83 bits per heavy atom. The number of nitrogens with zero attached hydrogens (tertiary/aromatic N) is 4. The van der Waals surface area contributed by atoms with Crippen LogP contribution >= 0.6 is 0 Å². The van der Waals surface area contributed by atoms with Crippen LogP contribution in [0.4, 0.5) is 22.2 Å². The number of anilines is 3.